The number of halogens is 4. The van der Waals surface area contributed by atoms with Crippen LogP contribution < -0.4 is 0 Å². The second kappa shape index (κ2) is 5.06. The zero-order valence-electron chi connectivity index (χ0n) is 12.0. The van der Waals surface area contributed by atoms with Gasteiger partial charge in [-0.1, -0.05) is 35.4 Å². The Kier molecular flexibility index (Phi) is 3.44. The molecule has 0 aliphatic rings. The van der Waals surface area contributed by atoms with Gasteiger partial charge in [-0.3, -0.25) is 0 Å². The fraction of sp³-hybridized carbons (Fsp3) is 0.176. The van der Waals surface area contributed by atoms with E-state index in [2.05, 4.69) is 4.98 Å². The third kappa shape index (κ3) is 2.48. The molecule has 114 valence electrons. The number of rotatable bonds is 1. The summed E-state index contributed by atoms with van der Waals surface area (Å²) < 4.78 is 40.3. The SMILES string of the molecule is Cc1cc(C)c2[nH]c(C(F)(F)F)c(-c3ccc(Cl)cc3)c2c1. The molecule has 3 aromatic rings. The minimum atomic E-state index is -4.45. The van der Waals surface area contributed by atoms with E-state index < -0.39 is 11.9 Å². The van der Waals surface area contributed by atoms with E-state index in [1.807, 2.05) is 13.0 Å². The summed E-state index contributed by atoms with van der Waals surface area (Å²) in [4.78, 5) is 2.55. The van der Waals surface area contributed by atoms with Crippen LogP contribution in [0.5, 0.6) is 0 Å². The summed E-state index contributed by atoms with van der Waals surface area (Å²) in [5, 5.41) is 1.07. The number of H-pyrrole nitrogens is 1. The lowest BCUT2D eigenvalue weighted by molar-refractivity contribution is -0.140. The van der Waals surface area contributed by atoms with Crippen molar-refractivity contribution in [3.05, 3.63) is 58.2 Å². The highest BCUT2D eigenvalue weighted by Crippen LogP contribution is 2.42. The fourth-order valence-electron chi connectivity index (χ4n) is 2.78. The van der Waals surface area contributed by atoms with E-state index in [-0.39, 0.29) is 5.56 Å². The van der Waals surface area contributed by atoms with Crippen LogP contribution in [0.15, 0.2) is 36.4 Å². The number of aromatic nitrogens is 1. The molecule has 0 bridgehead atoms. The van der Waals surface area contributed by atoms with Crippen molar-refractivity contribution in [3.63, 3.8) is 0 Å². The largest absolute Gasteiger partial charge is 0.431 e. The molecule has 2 aromatic carbocycles. The van der Waals surface area contributed by atoms with E-state index in [0.717, 1.165) is 11.1 Å². The topological polar surface area (TPSA) is 15.8 Å². The highest BCUT2D eigenvalue weighted by atomic mass is 35.5. The minimum absolute atomic E-state index is 0.172. The predicted molar refractivity (Wildman–Crippen MR) is 83.2 cm³/mol. The molecule has 0 aliphatic carbocycles. The Morgan fingerprint density at radius 2 is 1.64 bits per heavy atom. The van der Waals surface area contributed by atoms with E-state index in [1.54, 1.807) is 37.3 Å². The van der Waals surface area contributed by atoms with Gasteiger partial charge in [0.2, 0.25) is 0 Å². The van der Waals surface area contributed by atoms with Gasteiger partial charge >= 0.3 is 6.18 Å². The van der Waals surface area contributed by atoms with Crippen molar-refractivity contribution in [2.45, 2.75) is 20.0 Å². The highest BCUT2D eigenvalue weighted by Gasteiger charge is 2.37. The minimum Gasteiger partial charge on any atom is -0.350 e. The Balaban J connectivity index is 2.41. The predicted octanol–water partition coefficient (Wildman–Crippen LogP) is 6.12. The van der Waals surface area contributed by atoms with Gasteiger partial charge < -0.3 is 4.98 Å². The van der Waals surface area contributed by atoms with Gasteiger partial charge in [-0.15, -0.1) is 0 Å². The first-order valence-electron chi connectivity index (χ1n) is 6.73. The quantitative estimate of drug-likeness (QED) is 0.555. The van der Waals surface area contributed by atoms with Gasteiger partial charge in [0.25, 0.3) is 0 Å². The molecule has 0 unspecified atom stereocenters. The average molecular weight is 324 g/mol. The zero-order chi connectivity index (χ0) is 16.1. The molecular formula is C17H13ClF3N. The van der Waals surface area contributed by atoms with Crippen molar-refractivity contribution in [2.75, 3.05) is 0 Å². The molecule has 1 nitrogen and oxygen atoms in total. The van der Waals surface area contributed by atoms with E-state index in [1.165, 1.54) is 0 Å². The second-order valence-electron chi connectivity index (χ2n) is 5.38. The van der Waals surface area contributed by atoms with E-state index in [4.69, 9.17) is 11.6 Å². The first-order chi connectivity index (χ1) is 10.3. The first kappa shape index (κ1) is 15.0. The van der Waals surface area contributed by atoms with Crippen LogP contribution in [0.25, 0.3) is 22.0 Å². The third-order valence-corrected chi connectivity index (χ3v) is 3.92. The fourth-order valence-corrected chi connectivity index (χ4v) is 2.91. The molecule has 0 fully saturated rings. The van der Waals surface area contributed by atoms with Crippen LogP contribution >= 0.6 is 11.6 Å². The molecule has 22 heavy (non-hydrogen) atoms. The standard InChI is InChI=1S/C17H13ClF3N/c1-9-7-10(2)15-13(8-9)14(16(22-15)17(19,20)21)11-3-5-12(18)6-4-11/h3-8,22H,1-2H3. The molecule has 3 rings (SSSR count). The van der Waals surface area contributed by atoms with Crippen LogP contribution in [0, 0.1) is 13.8 Å². The van der Waals surface area contributed by atoms with Crippen LogP contribution in [-0.4, -0.2) is 4.98 Å². The maximum absolute atomic E-state index is 13.4. The molecule has 0 atom stereocenters. The summed E-state index contributed by atoms with van der Waals surface area (Å²) in [5.74, 6) is 0. The Morgan fingerprint density at radius 3 is 2.23 bits per heavy atom. The summed E-state index contributed by atoms with van der Waals surface area (Å²) >= 11 is 5.84. The number of nitrogens with one attached hydrogen (secondary N) is 1. The number of aromatic amines is 1. The van der Waals surface area contributed by atoms with E-state index in [9.17, 15) is 13.2 Å². The molecule has 0 aliphatic heterocycles. The molecular weight excluding hydrogens is 311 g/mol. The maximum atomic E-state index is 13.4. The molecule has 0 spiro atoms. The molecule has 1 heterocycles. The molecule has 0 amide bonds. The van der Waals surface area contributed by atoms with Gasteiger partial charge in [0.15, 0.2) is 0 Å². The lowest BCUT2D eigenvalue weighted by atomic mass is 9.99. The number of alkyl halides is 3. The van der Waals surface area contributed by atoms with Crippen LogP contribution in [0.3, 0.4) is 0 Å². The highest BCUT2D eigenvalue weighted by molar-refractivity contribution is 6.30. The number of fused-ring (bicyclic) bond motifs is 1. The van der Waals surface area contributed by atoms with Gasteiger partial charge in [-0.25, -0.2) is 0 Å². The lowest BCUT2D eigenvalue weighted by Gasteiger charge is -2.09. The Morgan fingerprint density at radius 1 is 1.00 bits per heavy atom. The van der Waals surface area contributed by atoms with E-state index in [0.29, 0.717) is 21.5 Å². The number of hydrogen-bond acceptors (Lipinski definition) is 0. The molecule has 0 saturated heterocycles. The summed E-state index contributed by atoms with van der Waals surface area (Å²) in [6.07, 6.45) is -4.45. The summed E-state index contributed by atoms with van der Waals surface area (Å²) in [6, 6.07) is 10.1. The van der Waals surface area contributed by atoms with Crippen molar-refractivity contribution >= 4 is 22.5 Å². The number of benzene rings is 2. The van der Waals surface area contributed by atoms with Gasteiger partial charge in [0, 0.05) is 21.5 Å². The zero-order valence-corrected chi connectivity index (χ0v) is 12.7. The van der Waals surface area contributed by atoms with Crippen molar-refractivity contribution in [1.82, 2.24) is 4.98 Å². The van der Waals surface area contributed by atoms with Crippen molar-refractivity contribution in [1.29, 1.82) is 0 Å². The number of aryl methyl sites for hydroxylation is 2. The van der Waals surface area contributed by atoms with Crippen LogP contribution in [0.4, 0.5) is 13.2 Å². The van der Waals surface area contributed by atoms with E-state index >= 15 is 0 Å². The van der Waals surface area contributed by atoms with Crippen molar-refractivity contribution < 1.29 is 13.2 Å². The third-order valence-electron chi connectivity index (χ3n) is 3.67. The monoisotopic (exact) mass is 323 g/mol. The Hall–Kier alpha value is -1.94. The molecule has 5 heteroatoms. The van der Waals surface area contributed by atoms with Crippen LogP contribution in [-0.2, 0) is 6.18 Å². The lowest BCUT2D eigenvalue weighted by Crippen LogP contribution is -2.07. The van der Waals surface area contributed by atoms with Gasteiger partial charge in [-0.2, -0.15) is 13.2 Å². The average Bonchev–Trinajstić information content (AvgIpc) is 2.79. The summed E-state index contributed by atoms with van der Waals surface area (Å²) in [7, 11) is 0. The van der Waals surface area contributed by atoms with Gasteiger partial charge in [0.1, 0.15) is 5.69 Å². The van der Waals surface area contributed by atoms with Crippen molar-refractivity contribution in [2.24, 2.45) is 0 Å². The van der Waals surface area contributed by atoms with Gasteiger partial charge in [-0.05, 0) is 43.2 Å². The van der Waals surface area contributed by atoms with Crippen LogP contribution in [0.2, 0.25) is 5.02 Å². The molecule has 1 aromatic heterocycles. The normalized spacial score (nSPS) is 12.1. The number of hydrogen-bond donors (Lipinski definition) is 1. The Labute approximate surface area is 130 Å². The molecule has 1 N–H and O–H groups in total. The second-order valence-corrected chi connectivity index (χ2v) is 5.82. The molecule has 0 radical (unpaired) electrons. The first-order valence-corrected chi connectivity index (χ1v) is 7.11. The Bertz CT molecular complexity index is 845. The maximum Gasteiger partial charge on any atom is 0.431 e. The smallest absolute Gasteiger partial charge is 0.350 e. The molecule has 0 saturated carbocycles. The summed E-state index contributed by atoms with van der Waals surface area (Å²) in [5.41, 5.74) is 2.17. The van der Waals surface area contributed by atoms with Crippen LogP contribution in [0.1, 0.15) is 16.8 Å². The van der Waals surface area contributed by atoms with Crippen molar-refractivity contribution in [3.8, 4) is 11.1 Å². The van der Waals surface area contributed by atoms with Gasteiger partial charge in [0.05, 0.1) is 0 Å². The summed E-state index contributed by atoms with van der Waals surface area (Å²) in [6.45, 7) is 3.68.